The third-order valence-corrected chi connectivity index (χ3v) is 5.38. The largest absolute Gasteiger partial charge is 0.491 e. The first-order valence-corrected chi connectivity index (χ1v) is 10.7. The molecule has 0 spiro atoms. The van der Waals surface area contributed by atoms with Gasteiger partial charge in [0.25, 0.3) is 0 Å². The number of nitrogens with two attached hydrogens (primary N) is 1. The molecule has 1 fully saturated rings. The van der Waals surface area contributed by atoms with Crippen LogP contribution in [0.3, 0.4) is 0 Å². The highest BCUT2D eigenvalue weighted by Crippen LogP contribution is 2.40. The Kier molecular flexibility index (Phi) is 6.83. The summed E-state index contributed by atoms with van der Waals surface area (Å²) in [6, 6.07) is 12.3. The summed E-state index contributed by atoms with van der Waals surface area (Å²) < 4.78 is 11.5. The second-order valence-electron chi connectivity index (χ2n) is 8.53. The summed E-state index contributed by atoms with van der Waals surface area (Å²) in [4.78, 5) is 12.7. The average molecular weight is 396 g/mol. The number of nitrogen functional groups attached to an aromatic ring is 1. The van der Waals surface area contributed by atoms with Gasteiger partial charge in [-0.2, -0.15) is 0 Å². The number of benzene rings is 2. The lowest BCUT2D eigenvalue weighted by Gasteiger charge is -2.21. The van der Waals surface area contributed by atoms with Crippen molar-refractivity contribution in [2.45, 2.75) is 52.9 Å². The fraction of sp³-hybridized carbons (Fsp3) is 0.480. The Morgan fingerprint density at radius 2 is 1.86 bits per heavy atom. The van der Waals surface area contributed by atoms with Crippen LogP contribution in [0, 0.1) is 18.8 Å². The first-order chi connectivity index (χ1) is 13.9. The Morgan fingerprint density at radius 1 is 1.17 bits per heavy atom. The first kappa shape index (κ1) is 21.2. The lowest BCUT2D eigenvalue weighted by molar-refractivity contribution is -0.145. The van der Waals surface area contributed by atoms with E-state index in [1.54, 1.807) is 0 Å². The van der Waals surface area contributed by atoms with Gasteiger partial charge < -0.3 is 15.2 Å². The van der Waals surface area contributed by atoms with Crippen molar-refractivity contribution >= 4 is 11.7 Å². The van der Waals surface area contributed by atoms with Crippen molar-refractivity contribution < 1.29 is 14.3 Å². The molecule has 1 aliphatic carbocycles. The molecule has 0 saturated heterocycles. The van der Waals surface area contributed by atoms with Crippen molar-refractivity contribution in [2.24, 2.45) is 11.8 Å². The first-order valence-electron chi connectivity index (χ1n) is 10.7. The van der Waals surface area contributed by atoms with E-state index in [4.69, 9.17) is 15.2 Å². The monoisotopic (exact) mass is 395 g/mol. The van der Waals surface area contributed by atoms with Crippen molar-refractivity contribution in [1.82, 2.24) is 0 Å². The quantitative estimate of drug-likeness (QED) is 0.435. The second kappa shape index (κ2) is 9.34. The Morgan fingerprint density at radius 3 is 2.45 bits per heavy atom. The van der Waals surface area contributed by atoms with Crippen LogP contribution in [0.4, 0.5) is 5.69 Å². The molecule has 1 unspecified atom stereocenters. The van der Waals surface area contributed by atoms with Gasteiger partial charge in [-0.05, 0) is 68.2 Å². The van der Waals surface area contributed by atoms with E-state index in [0.717, 1.165) is 23.1 Å². The van der Waals surface area contributed by atoms with E-state index < -0.39 is 0 Å². The average Bonchev–Trinajstić information content (AvgIpc) is 3.51. The molecule has 156 valence electrons. The number of hydrogen-bond donors (Lipinski definition) is 1. The smallest absolute Gasteiger partial charge is 0.313 e. The molecule has 2 N–H and O–H groups in total. The van der Waals surface area contributed by atoms with Gasteiger partial charge in [0.2, 0.25) is 0 Å². The SMILES string of the molecule is CCOC(=O)C(CC(C)C)c1cc(OCC2CC2)c(N)c(-c2ccc(C)cc2)c1. The Bertz CT molecular complexity index is 838. The van der Waals surface area contributed by atoms with E-state index in [-0.39, 0.29) is 11.9 Å². The number of hydrogen-bond acceptors (Lipinski definition) is 4. The maximum atomic E-state index is 12.7. The molecule has 0 amide bonds. The third kappa shape index (κ3) is 5.53. The maximum absolute atomic E-state index is 12.7. The van der Waals surface area contributed by atoms with E-state index in [1.807, 2.05) is 19.1 Å². The summed E-state index contributed by atoms with van der Waals surface area (Å²) in [6.45, 7) is 9.19. The summed E-state index contributed by atoms with van der Waals surface area (Å²) in [6.07, 6.45) is 3.14. The van der Waals surface area contributed by atoms with Crippen molar-refractivity contribution in [3.05, 3.63) is 47.5 Å². The zero-order valence-electron chi connectivity index (χ0n) is 18.0. The van der Waals surface area contributed by atoms with Gasteiger partial charge >= 0.3 is 5.97 Å². The van der Waals surface area contributed by atoms with E-state index in [1.165, 1.54) is 18.4 Å². The molecule has 1 saturated carbocycles. The lowest BCUT2D eigenvalue weighted by atomic mass is 9.87. The fourth-order valence-corrected chi connectivity index (χ4v) is 3.52. The van der Waals surface area contributed by atoms with Gasteiger partial charge in [0, 0.05) is 5.56 Å². The minimum absolute atomic E-state index is 0.186. The van der Waals surface area contributed by atoms with Gasteiger partial charge in [-0.25, -0.2) is 0 Å². The third-order valence-electron chi connectivity index (χ3n) is 5.38. The summed E-state index contributed by atoms with van der Waals surface area (Å²) in [5.74, 6) is 1.14. The van der Waals surface area contributed by atoms with E-state index in [2.05, 4.69) is 45.0 Å². The Hall–Kier alpha value is -2.49. The number of rotatable bonds is 9. The number of ether oxygens (including phenoxy) is 2. The van der Waals surface area contributed by atoms with Crippen molar-refractivity contribution in [3.63, 3.8) is 0 Å². The minimum Gasteiger partial charge on any atom is -0.491 e. The molecular formula is C25H33NO3. The van der Waals surface area contributed by atoms with Gasteiger partial charge in [-0.15, -0.1) is 0 Å². The Balaban J connectivity index is 2.05. The molecule has 4 heteroatoms. The topological polar surface area (TPSA) is 61.5 Å². The molecular weight excluding hydrogens is 362 g/mol. The maximum Gasteiger partial charge on any atom is 0.313 e. The van der Waals surface area contributed by atoms with Crippen LogP contribution in [0.1, 0.15) is 57.1 Å². The molecule has 1 aliphatic rings. The molecule has 0 radical (unpaired) electrons. The second-order valence-corrected chi connectivity index (χ2v) is 8.53. The highest BCUT2D eigenvalue weighted by Gasteiger charge is 2.27. The molecule has 0 heterocycles. The molecule has 0 bridgehead atoms. The summed E-state index contributed by atoms with van der Waals surface area (Å²) in [5.41, 5.74) is 11.2. The zero-order chi connectivity index (χ0) is 21.0. The number of carbonyl (C=O) groups excluding carboxylic acids is 1. The molecule has 0 aromatic heterocycles. The summed E-state index contributed by atoms with van der Waals surface area (Å²) >= 11 is 0. The molecule has 1 atom stereocenters. The van der Waals surface area contributed by atoms with Crippen LogP contribution in [0.2, 0.25) is 0 Å². The summed E-state index contributed by atoms with van der Waals surface area (Å²) in [7, 11) is 0. The van der Waals surface area contributed by atoms with E-state index in [0.29, 0.717) is 36.5 Å². The van der Waals surface area contributed by atoms with Crippen LogP contribution in [0.25, 0.3) is 11.1 Å². The highest BCUT2D eigenvalue weighted by molar-refractivity contribution is 5.85. The van der Waals surface area contributed by atoms with Crippen LogP contribution in [0.5, 0.6) is 5.75 Å². The number of anilines is 1. The fourth-order valence-electron chi connectivity index (χ4n) is 3.52. The molecule has 2 aromatic rings. The van der Waals surface area contributed by atoms with Crippen LogP contribution in [-0.4, -0.2) is 19.2 Å². The Labute approximate surface area is 174 Å². The standard InChI is InChI=1S/C25H33NO3/c1-5-28-25(27)22(12-16(2)3)20-13-21(19-10-6-17(4)7-11-19)24(26)23(14-20)29-15-18-8-9-18/h6-7,10-11,13-14,16,18,22H,5,8-9,12,15,26H2,1-4H3. The van der Waals surface area contributed by atoms with Gasteiger partial charge in [-0.3, -0.25) is 4.79 Å². The summed E-state index contributed by atoms with van der Waals surface area (Å²) in [5, 5.41) is 0. The predicted molar refractivity (Wildman–Crippen MR) is 118 cm³/mol. The number of carbonyl (C=O) groups is 1. The normalized spacial score (nSPS) is 14.7. The van der Waals surface area contributed by atoms with Crippen LogP contribution < -0.4 is 10.5 Å². The van der Waals surface area contributed by atoms with Crippen LogP contribution in [-0.2, 0) is 9.53 Å². The van der Waals surface area contributed by atoms with Crippen molar-refractivity contribution in [2.75, 3.05) is 18.9 Å². The molecule has 2 aromatic carbocycles. The molecule has 0 aliphatic heterocycles. The molecule has 3 rings (SSSR count). The predicted octanol–water partition coefficient (Wildman–Crippen LogP) is 5.73. The van der Waals surface area contributed by atoms with Gasteiger partial charge in [0.05, 0.1) is 24.8 Å². The minimum atomic E-state index is -0.331. The van der Waals surface area contributed by atoms with Crippen molar-refractivity contribution in [1.29, 1.82) is 0 Å². The van der Waals surface area contributed by atoms with Crippen LogP contribution >= 0.6 is 0 Å². The number of aryl methyl sites for hydroxylation is 1. The van der Waals surface area contributed by atoms with E-state index in [9.17, 15) is 4.79 Å². The number of esters is 1. The molecule has 29 heavy (non-hydrogen) atoms. The van der Waals surface area contributed by atoms with Gasteiger partial charge in [0.15, 0.2) is 0 Å². The van der Waals surface area contributed by atoms with Crippen molar-refractivity contribution in [3.8, 4) is 16.9 Å². The van der Waals surface area contributed by atoms with Gasteiger partial charge in [0.1, 0.15) is 5.75 Å². The lowest BCUT2D eigenvalue weighted by Crippen LogP contribution is -2.18. The van der Waals surface area contributed by atoms with E-state index >= 15 is 0 Å². The molecule has 4 nitrogen and oxygen atoms in total. The zero-order valence-corrected chi connectivity index (χ0v) is 18.0. The highest BCUT2D eigenvalue weighted by atomic mass is 16.5. The van der Waals surface area contributed by atoms with Crippen LogP contribution in [0.15, 0.2) is 36.4 Å². The van der Waals surface area contributed by atoms with Gasteiger partial charge in [-0.1, -0.05) is 43.7 Å².